The highest BCUT2D eigenvalue weighted by molar-refractivity contribution is 7.92. The molecule has 0 aromatic rings. The molecular weight excluding hydrogens is 250 g/mol. The Morgan fingerprint density at radius 2 is 1.44 bits per heavy atom. The standard InChI is InChI=1S/C13H27NO3S/c1-3-4-5-6-7-8-9-10-11-18(16,17)12(2)13(14)15/h12H,3-11H2,1-2H3,(H2,14,15)/t12-/m1/s1. The lowest BCUT2D eigenvalue weighted by Gasteiger charge is -2.08. The van der Waals surface area contributed by atoms with Crippen molar-refractivity contribution in [2.24, 2.45) is 5.73 Å². The van der Waals surface area contributed by atoms with E-state index < -0.39 is 21.0 Å². The summed E-state index contributed by atoms with van der Waals surface area (Å²) in [5, 5.41) is -1.05. The van der Waals surface area contributed by atoms with Crippen LogP contribution in [0.5, 0.6) is 0 Å². The fourth-order valence-electron chi connectivity index (χ4n) is 1.79. The Morgan fingerprint density at radius 3 is 1.89 bits per heavy atom. The molecule has 4 nitrogen and oxygen atoms in total. The van der Waals surface area contributed by atoms with E-state index in [0.717, 1.165) is 12.8 Å². The number of hydrogen-bond donors (Lipinski definition) is 1. The van der Waals surface area contributed by atoms with Gasteiger partial charge in [0.2, 0.25) is 5.91 Å². The van der Waals surface area contributed by atoms with Crippen LogP contribution in [-0.4, -0.2) is 25.3 Å². The molecule has 0 spiro atoms. The molecule has 0 aliphatic carbocycles. The summed E-state index contributed by atoms with van der Waals surface area (Å²) in [6.45, 7) is 3.55. The topological polar surface area (TPSA) is 77.2 Å². The van der Waals surface area contributed by atoms with E-state index in [2.05, 4.69) is 6.92 Å². The van der Waals surface area contributed by atoms with Crippen LogP contribution in [0, 0.1) is 0 Å². The van der Waals surface area contributed by atoms with Crippen LogP contribution in [0.3, 0.4) is 0 Å². The van der Waals surface area contributed by atoms with Crippen LogP contribution in [0.15, 0.2) is 0 Å². The number of amides is 1. The van der Waals surface area contributed by atoms with Gasteiger partial charge in [-0.25, -0.2) is 8.42 Å². The molecule has 0 unspecified atom stereocenters. The van der Waals surface area contributed by atoms with Gasteiger partial charge in [0.15, 0.2) is 9.84 Å². The van der Waals surface area contributed by atoms with E-state index in [1.165, 1.54) is 39.0 Å². The quantitative estimate of drug-likeness (QED) is 0.589. The highest BCUT2D eigenvalue weighted by atomic mass is 32.2. The molecule has 5 heteroatoms. The number of carbonyl (C=O) groups excluding carboxylic acids is 1. The smallest absolute Gasteiger partial charge is 0.235 e. The van der Waals surface area contributed by atoms with Crippen molar-refractivity contribution in [2.45, 2.75) is 70.5 Å². The summed E-state index contributed by atoms with van der Waals surface area (Å²) in [7, 11) is -3.34. The molecule has 1 amide bonds. The van der Waals surface area contributed by atoms with E-state index >= 15 is 0 Å². The lowest BCUT2D eigenvalue weighted by Crippen LogP contribution is -2.34. The van der Waals surface area contributed by atoms with Crippen LogP contribution < -0.4 is 5.73 Å². The molecule has 0 saturated carbocycles. The van der Waals surface area contributed by atoms with Crippen molar-refractivity contribution < 1.29 is 13.2 Å². The molecule has 0 saturated heterocycles. The van der Waals surface area contributed by atoms with Crippen molar-refractivity contribution in [1.82, 2.24) is 0 Å². The summed E-state index contributed by atoms with van der Waals surface area (Å²) in [6.07, 6.45) is 8.82. The highest BCUT2D eigenvalue weighted by Gasteiger charge is 2.24. The summed E-state index contributed by atoms with van der Waals surface area (Å²) in [4.78, 5) is 10.8. The number of sulfone groups is 1. The van der Waals surface area contributed by atoms with Gasteiger partial charge in [0.1, 0.15) is 5.25 Å². The van der Waals surface area contributed by atoms with Crippen LogP contribution >= 0.6 is 0 Å². The maximum absolute atomic E-state index is 11.6. The molecule has 0 fully saturated rings. The van der Waals surface area contributed by atoms with E-state index in [1.807, 2.05) is 0 Å². The van der Waals surface area contributed by atoms with Crippen LogP contribution in [0.1, 0.15) is 65.2 Å². The minimum Gasteiger partial charge on any atom is -0.369 e. The number of rotatable bonds is 11. The third kappa shape index (κ3) is 7.69. The highest BCUT2D eigenvalue weighted by Crippen LogP contribution is 2.10. The molecule has 0 bridgehead atoms. The maximum Gasteiger partial charge on any atom is 0.235 e. The molecule has 2 N–H and O–H groups in total. The molecule has 18 heavy (non-hydrogen) atoms. The van der Waals surface area contributed by atoms with Crippen LogP contribution in [0.25, 0.3) is 0 Å². The Labute approximate surface area is 111 Å². The van der Waals surface area contributed by atoms with E-state index in [1.54, 1.807) is 0 Å². The van der Waals surface area contributed by atoms with Crippen molar-refractivity contribution >= 4 is 15.7 Å². The summed E-state index contributed by atoms with van der Waals surface area (Å²) in [5.41, 5.74) is 5.00. The zero-order chi connectivity index (χ0) is 14.0. The summed E-state index contributed by atoms with van der Waals surface area (Å²) >= 11 is 0. The Balaban J connectivity index is 3.63. The fraction of sp³-hybridized carbons (Fsp3) is 0.923. The second kappa shape index (κ2) is 9.36. The molecule has 0 radical (unpaired) electrons. The summed E-state index contributed by atoms with van der Waals surface area (Å²) in [5.74, 6) is -0.680. The minimum atomic E-state index is -3.34. The minimum absolute atomic E-state index is 0.0755. The number of carbonyl (C=O) groups is 1. The van der Waals surface area contributed by atoms with Crippen LogP contribution in [0.2, 0.25) is 0 Å². The van der Waals surface area contributed by atoms with Crippen molar-refractivity contribution in [3.05, 3.63) is 0 Å². The lowest BCUT2D eigenvalue weighted by atomic mass is 10.1. The third-order valence-electron chi connectivity index (χ3n) is 3.22. The third-order valence-corrected chi connectivity index (χ3v) is 5.39. The van der Waals surface area contributed by atoms with Gasteiger partial charge in [0.05, 0.1) is 5.75 Å². The normalized spacial score (nSPS) is 13.4. The summed E-state index contributed by atoms with van der Waals surface area (Å²) in [6, 6.07) is 0. The predicted molar refractivity (Wildman–Crippen MR) is 75.1 cm³/mol. The summed E-state index contributed by atoms with van der Waals surface area (Å²) < 4.78 is 23.3. The molecule has 0 aromatic heterocycles. The average molecular weight is 277 g/mol. The SMILES string of the molecule is CCCCCCCCCCS(=O)(=O)[C@H](C)C(N)=O. The number of hydrogen-bond acceptors (Lipinski definition) is 3. The Kier molecular flexibility index (Phi) is 9.06. The van der Waals surface area contributed by atoms with Gasteiger partial charge >= 0.3 is 0 Å². The first-order valence-corrected chi connectivity index (χ1v) is 8.64. The van der Waals surface area contributed by atoms with Crippen molar-refractivity contribution in [3.63, 3.8) is 0 Å². The molecule has 0 rings (SSSR count). The Morgan fingerprint density at radius 1 is 1.00 bits per heavy atom. The van der Waals surface area contributed by atoms with E-state index in [-0.39, 0.29) is 5.75 Å². The van der Waals surface area contributed by atoms with E-state index in [4.69, 9.17) is 5.73 Å². The van der Waals surface area contributed by atoms with E-state index in [0.29, 0.717) is 6.42 Å². The predicted octanol–water partition coefficient (Wildman–Crippen LogP) is 2.42. The van der Waals surface area contributed by atoms with Crippen LogP contribution in [-0.2, 0) is 14.6 Å². The van der Waals surface area contributed by atoms with Crippen LogP contribution in [0.4, 0.5) is 0 Å². The molecule has 0 heterocycles. The Bertz CT molecular complexity index is 325. The largest absolute Gasteiger partial charge is 0.369 e. The van der Waals surface area contributed by atoms with Gasteiger partial charge in [0, 0.05) is 0 Å². The fourth-order valence-corrected chi connectivity index (χ4v) is 3.10. The van der Waals surface area contributed by atoms with Gasteiger partial charge in [-0.2, -0.15) is 0 Å². The number of primary amides is 1. The maximum atomic E-state index is 11.6. The van der Waals surface area contributed by atoms with Gasteiger partial charge in [-0.05, 0) is 13.3 Å². The average Bonchev–Trinajstić information content (AvgIpc) is 2.31. The Hall–Kier alpha value is -0.580. The first kappa shape index (κ1) is 17.4. The van der Waals surface area contributed by atoms with E-state index in [9.17, 15) is 13.2 Å². The molecule has 1 atom stereocenters. The van der Waals surface area contributed by atoms with Crippen molar-refractivity contribution in [3.8, 4) is 0 Å². The first-order valence-electron chi connectivity index (χ1n) is 6.92. The number of nitrogens with two attached hydrogens (primary N) is 1. The monoisotopic (exact) mass is 277 g/mol. The molecule has 0 aromatic carbocycles. The van der Waals surface area contributed by atoms with Crippen molar-refractivity contribution in [1.29, 1.82) is 0 Å². The lowest BCUT2D eigenvalue weighted by molar-refractivity contribution is -0.117. The molecular formula is C13H27NO3S. The first-order chi connectivity index (χ1) is 8.41. The molecule has 0 aliphatic rings. The van der Waals surface area contributed by atoms with Gasteiger partial charge < -0.3 is 5.73 Å². The zero-order valence-corrected chi connectivity index (χ0v) is 12.5. The van der Waals surface area contributed by atoms with Gasteiger partial charge in [0.25, 0.3) is 0 Å². The molecule has 0 aliphatic heterocycles. The van der Waals surface area contributed by atoms with Crippen molar-refractivity contribution in [2.75, 3.05) is 5.75 Å². The van der Waals surface area contributed by atoms with Gasteiger partial charge in [-0.3, -0.25) is 4.79 Å². The second-order valence-electron chi connectivity index (χ2n) is 4.89. The second-order valence-corrected chi connectivity index (χ2v) is 7.33. The van der Waals surface area contributed by atoms with Gasteiger partial charge in [-0.1, -0.05) is 51.9 Å². The van der Waals surface area contributed by atoms with Gasteiger partial charge in [-0.15, -0.1) is 0 Å². The zero-order valence-electron chi connectivity index (χ0n) is 11.7. The number of unbranched alkanes of at least 4 members (excludes halogenated alkanes) is 7. The molecule has 108 valence electrons.